The molecule has 0 aromatic carbocycles. The number of aromatic nitrogens is 1. The molecule has 0 amide bonds. The Morgan fingerprint density at radius 1 is 1.45 bits per heavy atom. The van der Waals surface area contributed by atoms with Gasteiger partial charge in [-0.25, -0.2) is 4.79 Å². The highest BCUT2D eigenvalue weighted by atomic mass is 32.1. The number of rotatable bonds is 9. The van der Waals surface area contributed by atoms with Crippen LogP contribution in [0.15, 0.2) is 0 Å². The Hall–Kier alpha value is -1.34. The van der Waals surface area contributed by atoms with E-state index in [2.05, 4.69) is 9.69 Å². The second-order valence-electron chi connectivity index (χ2n) is 4.55. The molecule has 1 aromatic heterocycles. The topological polar surface area (TPSA) is 86.5 Å². The zero-order valence-corrected chi connectivity index (χ0v) is 13.1. The van der Waals surface area contributed by atoms with Crippen molar-refractivity contribution in [3.63, 3.8) is 0 Å². The smallest absolute Gasteiger partial charge is 0.344 e. The third-order valence-corrected chi connectivity index (χ3v) is 3.32. The number of carbonyl (C=O) groups excluding carboxylic acids is 1. The molecule has 20 heavy (non-hydrogen) atoms. The van der Waals surface area contributed by atoms with Crippen LogP contribution in [-0.4, -0.2) is 36.2 Å². The number of ether oxygens (including phenoxy) is 2. The van der Waals surface area contributed by atoms with E-state index in [4.69, 9.17) is 15.2 Å². The zero-order chi connectivity index (χ0) is 15.0. The minimum absolute atomic E-state index is 0.221. The summed E-state index contributed by atoms with van der Waals surface area (Å²) in [6.07, 6.45) is 2.18. The molecule has 0 spiro atoms. The third-order valence-electron chi connectivity index (χ3n) is 2.51. The lowest BCUT2D eigenvalue weighted by Gasteiger charge is -2.08. The average Bonchev–Trinajstić information content (AvgIpc) is 2.75. The van der Waals surface area contributed by atoms with Crippen molar-refractivity contribution in [3.8, 4) is 0 Å². The van der Waals surface area contributed by atoms with Gasteiger partial charge in [-0.3, -0.25) is 0 Å². The molecule has 0 aliphatic heterocycles. The second kappa shape index (κ2) is 8.76. The molecular weight excluding hydrogens is 278 g/mol. The SMILES string of the molecule is CCOC(=O)c1c(N)nsc1NCCCCOC(C)C. The van der Waals surface area contributed by atoms with Crippen LogP contribution in [0.4, 0.5) is 10.8 Å². The van der Waals surface area contributed by atoms with Crippen molar-refractivity contribution in [3.05, 3.63) is 5.56 Å². The molecule has 0 atom stereocenters. The van der Waals surface area contributed by atoms with Gasteiger partial charge in [0.1, 0.15) is 10.6 Å². The van der Waals surface area contributed by atoms with Crippen molar-refractivity contribution >= 4 is 28.3 Å². The van der Waals surface area contributed by atoms with E-state index in [1.165, 1.54) is 11.5 Å². The number of nitrogens with two attached hydrogens (primary N) is 1. The Labute approximate surface area is 123 Å². The summed E-state index contributed by atoms with van der Waals surface area (Å²) in [7, 11) is 0. The summed E-state index contributed by atoms with van der Waals surface area (Å²) >= 11 is 1.18. The average molecular weight is 301 g/mol. The molecule has 7 heteroatoms. The van der Waals surface area contributed by atoms with Crippen molar-refractivity contribution in [2.24, 2.45) is 0 Å². The number of hydrogen-bond acceptors (Lipinski definition) is 7. The van der Waals surface area contributed by atoms with E-state index in [-0.39, 0.29) is 11.9 Å². The van der Waals surface area contributed by atoms with Gasteiger partial charge in [-0.15, -0.1) is 0 Å². The molecule has 0 saturated heterocycles. The molecule has 0 unspecified atom stereocenters. The van der Waals surface area contributed by atoms with Crippen LogP contribution in [0.2, 0.25) is 0 Å². The lowest BCUT2D eigenvalue weighted by molar-refractivity contribution is 0.0529. The van der Waals surface area contributed by atoms with Gasteiger partial charge in [0, 0.05) is 13.2 Å². The maximum atomic E-state index is 11.8. The highest BCUT2D eigenvalue weighted by Crippen LogP contribution is 2.27. The molecule has 0 bridgehead atoms. The highest BCUT2D eigenvalue weighted by Gasteiger charge is 2.20. The second-order valence-corrected chi connectivity index (χ2v) is 5.32. The van der Waals surface area contributed by atoms with Crippen molar-refractivity contribution in [1.29, 1.82) is 0 Å². The largest absolute Gasteiger partial charge is 0.462 e. The molecule has 0 fully saturated rings. The van der Waals surface area contributed by atoms with Crippen LogP contribution in [0.5, 0.6) is 0 Å². The van der Waals surface area contributed by atoms with E-state index in [1.54, 1.807) is 6.92 Å². The normalized spacial score (nSPS) is 10.8. The highest BCUT2D eigenvalue weighted by molar-refractivity contribution is 7.11. The summed E-state index contributed by atoms with van der Waals surface area (Å²) in [4.78, 5) is 11.8. The monoisotopic (exact) mass is 301 g/mol. The van der Waals surface area contributed by atoms with Gasteiger partial charge in [-0.05, 0) is 45.1 Å². The summed E-state index contributed by atoms with van der Waals surface area (Å²) in [5, 5.41) is 3.85. The van der Waals surface area contributed by atoms with E-state index < -0.39 is 5.97 Å². The Bertz CT molecular complexity index is 421. The van der Waals surface area contributed by atoms with Crippen LogP contribution in [-0.2, 0) is 9.47 Å². The summed E-state index contributed by atoms with van der Waals surface area (Å²) in [5.74, 6) is -0.205. The molecule has 0 radical (unpaired) electrons. The van der Waals surface area contributed by atoms with E-state index in [9.17, 15) is 4.79 Å². The van der Waals surface area contributed by atoms with Crippen LogP contribution in [0, 0.1) is 0 Å². The Balaban J connectivity index is 2.39. The van der Waals surface area contributed by atoms with Crippen LogP contribution in [0.1, 0.15) is 44.0 Å². The summed E-state index contributed by atoms with van der Waals surface area (Å²) in [5.41, 5.74) is 6.04. The number of esters is 1. The minimum Gasteiger partial charge on any atom is -0.462 e. The van der Waals surface area contributed by atoms with Crippen LogP contribution in [0.3, 0.4) is 0 Å². The van der Waals surface area contributed by atoms with E-state index >= 15 is 0 Å². The van der Waals surface area contributed by atoms with Gasteiger partial charge in [0.2, 0.25) is 0 Å². The first-order valence-corrected chi connectivity index (χ1v) is 7.61. The quantitative estimate of drug-likeness (QED) is 0.538. The van der Waals surface area contributed by atoms with Gasteiger partial charge >= 0.3 is 5.97 Å². The summed E-state index contributed by atoms with van der Waals surface area (Å²) in [6.45, 7) is 7.61. The van der Waals surface area contributed by atoms with Crippen LogP contribution < -0.4 is 11.1 Å². The molecule has 1 heterocycles. The number of unbranched alkanes of at least 4 members (excludes halogenated alkanes) is 1. The van der Waals surface area contributed by atoms with Crippen molar-refractivity contribution in [1.82, 2.24) is 4.37 Å². The fourth-order valence-corrected chi connectivity index (χ4v) is 2.30. The number of carbonyl (C=O) groups is 1. The van der Waals surface area contributed by atoms with E-state index in [1.807, 2.05) is 13.8 Å². The molecule has 0 aliphatic rings. The molecular formula is C13H23N3O3S. The predicted octanol–water partition coefficient (Wildman–Crippen LogP) is 2.52. The van der Waals surface area contributed by atoms with Gasteiger partial charge in [0.25, 0.3) is 0 Å². The van der Waals surface area contributed by atoms with E-state index in [0.717, 1.165) is 26.0 Å². The molecule has 1 aromatic rings. The fourth-order valence-electron chi connectivity index (χ4n) is 1.57. The molecule has 1 rings (SSSR count). The van der Waals surface area contributed by atoms with Gasteiger partial charge < -0.3 is 20.5 Å². The lowest BCUT2D eigenvalue weighted by Crippen LogP contribution is -2.11. The maximum Gasteiger partial charge on any atom is 0.344 e. The molecule has 6 nitrogen and oxygen atoms in total. The Kier molecular flexibility index (Phi) is 7.32. The van der Waals surface area contributed by atoms with E-state index in [0.29, 0.717) is 17.2 Å². The number of nitrogen functional groups attached to an aromatic ring is 1. The van der Waals surface area contributed by atoms with Crippen LogP contribution >= 0.6 is 11.5 Å². The number of hydrogen-bond donors (Lipinski definition) is 2. The number of nitrogens with zero attached hydrogens (tertiary/aromatic N) is 1. The molecule has 0 aliphatic carbocycles. The van der Waals surface area contributed by atoms with Gasteiger partial charge in [-0.1, -0.05) is 0 Å². The summed E-state index contributed by atoms with van der Waals surface area (Å²) < 4.78 is 14.4. The number of nitrogens with one attached hydrogen (secondary N) is 1. The van der Waals surface area contributed by atoms with Crippen LogP contribution in [0.25, 0.3) is 0 Å². The first kappa shape index (κ1) is 16.7. The Morgan fingerprint density at radius 3 is 2.85 bits per heavy atom. The maximum absolute atomic E-state index is 11.8. The lowest BCUT2D eigenvalue weighted by atomic mass is 10.3. The minimum atomic E-state index is -0.426. The van der Waals surface area contributed by atoms with Crippen molar-refractivity contribution < 1.29 is 14.3 Å². The van der Waals surface area contributed by atoms with Crippen molar-refractivity contribution in [2.45, 2.75) is 39.7 Å². The van der Waals surface area contributed by atoms with Gasteiger partial charge in [-0.2, -0.15) is 4.37 Å². The fraction of sp³-hybridized carbons (Fsp3) is 0.692. The molecule has 114 valence electrons. The molecule has 0 saturated carbocycles. The van der Waals surface area contributed by atoms with Gasteiger partial charge in [0.05, 0.1) is 12.7 Å². The third kappa shape index (κ3) is 5.34. The first-order valence-electron chi connectivity index (χ1n) is 6.84. The summed E-state index contributed by atoms with van der Waals surface area (Å²) in [6, 6.07) is 0. The first-order chi connectivity index (χ1) is 9.56. The number of anilines is 2. The predicted molar refractivity (Wildman–Crippen MR) is 81.3 cm³/mol. The standard InChI is InChI=1S/C13H23N3O3S/c1-4-18-13(17)10-11(14)16-20-12(10)15-7-5-6-8-19-9(2)3/h9,15H,4-8H2,1-3H3,(H2,14,16). The zero-order valence-electron chi connectivity index (χ0n) is 12.3. The molecule has 3 N–H and O–H groups in total. The Morgan fingerprint density at radius 2 is 2.20 bits per heavy atom. The van der Waals surface area contributed by atoms with Crippen molar-refractivity contribution in [2.75, 3.05) is 30.8 Å². The van der Waals surface area contributed by atoms with Gasteiger partial charge in [0.15, 0.2) is 5.82 Å².